The van der Waals surface area contributed by atoms with E-state index in [2.05, 4.69) is 0 Å². The molecule has 0 radical (unpaired) electrons. The summed E-state index contributed by atoms with van der Waals surface area (Å²) < 4.78 is 16.4. The molecule has 3 N–H and O–H groups in total. The molecule has 0 aliphatic rings. The van der Waals surface area contributed by atoms with Gasteiger partial charge in [-0.3, -0.25) is 19.2 Å². The van der Waals surface area contributed by atoms with Crippen molar-refractivity contribution in [1.82, 2.24) is 0 Å². The zero-order chi connectivity index (χ0) is 28.9. The van der Waals surface area contributed by atoms with E-state index in [1.165, 1.54) is 12.1 Å². The second-order valence-electron chi connectivity index (χ2n) is 11.0. The minimum atomic E-state index is -1.77. The number of esters is 3. The Labute approximate surface area is 226 Å². The Morgan fingerprint density at radius 1 is 0.895 bits per heavy atom. The Hall–Kier alpha value is -2.94. The third-order valence-corrected chi connectivity index (χ3v) is 5.94. The van der Waals surface area contributed by atoms with Crippen LogP contribution in [0.2, 0.25) is 0 Å². The molecule has 1 aromatic carbocycles. The molecule has 0 heterocycles. The van der Waals surface area contributed by atoms with Crippen molar-refractivity contribution < 1.29 is 38.5 Å². The minimum absolute atomic E-state index is 0.0350. The highest BCUT2D eigenvalue weighted by molar-refractivity contribution is 5.80. The summed E-state index contributed by atoms with van der Waals surface area (Å²) in [5, 5.41) is 9.93. The Bertz CT molecular complexity index is 952. The lowest BCUT2D eigenvalue weighted by molar-refractivity contribution is -0.160. The van der Waals surface area contributed by atoms with E-state index in [0.29, 0.717) is 18.4 Å². The number of carbonyl (C=O) groups excluding carboxylic acids is 3. The monoisotopic (exact) mass is 535 g/mol. The van der Waals surface area contributed by atoms with Crippen LogP contribution in [0.25, 0.3) is 0 Å². The molecule has 214 valence electrons. The molecule has 9 nitrogen and oxygen atoms in total. The van der Waals surface area contributed by atoms with E-state index < -0.39 is 40.9 Å². The van der Waals surface area contributed by atoms with Crippen molar-refractivity contribution in [2.45, 2.75) is 117 Å². The van der Waals surface area contributed by atoms with Crippen molar-refractivity contribution in [3.63, 3.8) is 0 Å². The van der Waals surface area contributed by atoms with Gasteiger partial charge in [0.25, 0.3) is 0 Å². The molecule has 0 aromatic heterocycles. The van der Waals surface area contributed by atoms with Crippen molar-refractivity contribution in [1.29, 1.82) is 0 Å². The molecule has 0 saturated carbocycles. The van der Waals surface area contributed by atoms with Crippen LogP contribution in [0.5, 0.6) is 11.5 Å². The number of benzene rings is 1. The molecule has 9 heteroatoms. The van der Waals surface area contributed by atoms with Gasteiger partial charge in [-0.15, -0.1) is 0 Å². The van der Waals surface area contributed by atoms with Crippen LogP contribution in [0.15, 0.2) is 18.2 Å². The molecule has 1 unspecified atom stereocenters. The maximum atomic E-state index is 12.4. The molecule has 0 spiro atoms. The summed E-state index contributed by atoms with van der Waals surface area (Å²) in [4.78, 5) is 49.2. The van der Waals surface area contributed by atoms with Gasteiger partial charge in [0.15, 0.2) is 11.5 Å². The molecule has 0 amide bonds. The normalized spacial score (nSPS) is 13.8. The SMILES string of the molecule is CCCCCC(=O)Oc1ccc(CC(N)(C[C@H](C)OC(=O)C(C)(C)C)C(=O)O)cc1OC(=O)CCCCC. The largest absolute Gasteiger partial charge is 0.480 e. The van der Waals surface area contributed by atoms with E-state index in [0.717, 1.165) is 25.7 Å². The van der Waals surface area contributed by atoms with Gasteiger partial charge in [-0.1, -0.05) is 45.6 Å². The average molecular weight is 536 g/mol. The molecule has 0 fully saturated rings. The number of carboxylic acids is 1. The predicted octanol–water partition coefficient (Wildman–Crippen LogP) is 5.35. The van der Waals surface area contributed by atoms with Gasteiger partial charge >= 0.3 is 23.9 Å². The number of aliphatic carboxylic acids is 1. The molecule has 38 heavy (non-hydrogen) atoms. The van der Waals surface area contributed by atoms with Crippen LogP contribution in [0, 0.1) is 5.41 Å². The summed E-state index contributed by atoms with van der Waals surface area (Å²) in [6, 6.07) is 4.54. The molecule has 0 saturated heterocycles. The summed E-state index contributed by atoms with van der Waals surface area (Å²) >= 11 is 0. The van der Waals surface area contributed by atoms with Crippen LogP contribution in [0.1, 0.15) is 105 Å². The van der Waals surface area contributed by atoms with Gasteiger partial charge in [0.1, 0.15) is 11.6 Å². The third-order valence-electron chi connectivity index (χ3n) is 5.94. The first-order valence-corrected chi connectivity index (χ1v) is 13.5. The van der Waals surface area contributed by atoms with Crippen LogP contribution in [0.3, 0.4) is 0 Å². The quantitative estimate of drug-likeness (QED) is 0.163. The molecule has 2 atom stereocenters. The highest BCUT2D eigenvalue weighted by Crippen LogP contribution is 2.32. The Morgan fingerprint density at radius 2 is 1.42 bits per heavy atom. The lowest BCUT2D eigenvalue weighted by Crippen LogP contribution is -2.52. The zero-order valence-corrected chi connectivity index (χ0v) is 23.8. The topological polar surface area (TPSA) is 142 Å². The number of hydrogen-bond donors (Lipinski definition) is 2. The first-order valence-electron chi connectivity index (χ1n) is 13.5. The number of unbranched alkanes of at least 4 members (excludes halogenated alkanes) is 4. The fourth-order valence-corrected chi connectivity index (χ4v) is 3.73. The first-order chi connectivity index (χ1) is 17.7. The third kappa shape index (κ3) is 11.6. The highest BCUT2D eigenvalue weighted by atomic mass is 16.6. The van der Waals surface area contributed by atoms with E-state index in [1.54, 1.807) is 33.8 Å². The number of carboxylic acid groups (broad SMARTS) is 1. The van der Waals surface area contributed by atoms with Gasteiger partial charge in [-0.25, -0.2) is 0 Å². The van der Waals surface area contributed by atoms with Crippen LogP contribution in [-0.2, 0) is 30.3 Å². The summed E-state index contributed by atoms with van der Waals surface area (Å²) in [5.41, 5.74) is 4.25. The van der Waals surface area contributed by atoms with Gasteiger partial charge < -0.3 is 25.1 Å². The Kier molecular flexibility index (Phi) is 13.5. The second kappa shape index (κ2) is 15.5. The lowest BCUT2D eigenvalue weighted by Gasteiger charge is -2.29. The van der Waals surface area contributed by atoms with Gasteiger partial charge in [0.2, 0.25) is 0 Å². The zero-order valence-electron chi connectivity index (χ0n) is 23.8. The summed E-state index contributed by atoms with van der Waals surface area (Å²) in [5.74, 6) is -2.51. The Balaban J connectivity index is 3.15. The average Bonchev–Trinajstić information content (AvgIpc) is 2.80. The van der Waals surface area contributed by atoms with Crippen molar-refractivity contribution in [3.05, 3.63) is 23.8 Å². The predicted molar refractivity (Wildman–Crippen MR) is 144 cm³/mol. The van der Waals surface area contributed by atoms with Gasteiger partial charge in [0, 0.05) is 25.7 Å². The number of carbonyl (C=O) groups is 4. The van der Waals surface area contributed by atoms with E-state index in [9.17, 15) is 24.3 Å². The number of nitrogens with two attached hydrogens (primary N) is 1. The number of hydrogen-bond acceptors (Lipinski definition) is 8. The number of rotatable bonds is 16. The lowest BCUT2D eigenvalue weighted by atomic mass is 9.86. The molecule has 0 aliphatic carbocycles. The maximum Gasteiger partial charge on any atom is 0.324 e. The van der Waals surface area contributed by atoms with E-state index >= 15 is 0 Å². The molecule has 0 bridgehead atoms. The van der Waals surface area contributed by atoms with Gasteiger partial charge in [-0.2, -0.15) is 0 Å². The molecule has 1 aromatic rings. The fourth-order valence-electron chi connectivity index (χ4n) is 3.73. The van der Waals surface area contributed by atoms with Crippen molar-refractivity contribution in [3.8, 4) is 11.5 Å². The molecular formula is C29H45NO8. The van der Waals surface area contributed by atoms with Crippen molar-refractivity contribution in [2.75, 3.05) is 0 Å². The standard InChI is InChI=1S/C29H45NO8/c1-7-9-11-13-24(31)37-22-16-15-21(17-23(22)38-25(32)14-12-10-8-2)19-29(30,26(33)34)18-20(3)36-27(35)28(4,5)6/h15-17,20H,7-14,18-19,30H2,1-6H3,(H,33,34)/t20-,29?/m0/s1. The van der Waals surface area contributed by atoms with Gasteiger partial charge in [-0.05, 0) is 58.2 Å². The smallest absolute Gasteiger partial charge is 0.324 e. The fraction of sp³-hybridized carbons (Fsp3) is 0.655. The van der Waals surface area contributed by atoms with Crippen molar-refractivity contribution >= 4 is 23.9 Å². The summed E-state index contributed by atoms with van der Waals surface area (Å²) in [6.45, 7) is 10.8. The van der Waals surface area contributed by atoms with Crippen LogP contribution in [-0.4, -0.2) is 40.6 Å². The summed E-state index contributed by atoms with van der Waals surface area (Å²) in [7, 11) is 0. The number of ether oxygens (including phenoxy) is 3. The van der Waals surface area contributed by atoms with E-state index in [-0.39, 0.29) is 37.2 Å². The van der Waals surface area contributed by atoms with Crippen LogP contribution in [0.4, 0.5) is 0 Å². The maximum absolute atomic E-state index is 12.4. The van der Waals surface area contributed by atoms with Gasteiger partial charge in [0.05, 0.1) is 5.41 Å². The molecular weight excluding hydrogens is 490 g/mol. The van der Waals surface area contributed by atoms with E-state index in [1.807, 2.05) is 13.8 Å². The second-order valence-corrected chi connectivity index (χ2v) is 11.0. The Morgan fingerprint density at radius 3 is 1.89 bits per heavy atom. The minimum Gasteiger partial charge on any atom is -0.480 e. The van der Waals surface area contributed by atoms with Crippen LogP contribution >= 0.6 is 0 Å². The summed E-state index contributed by atoms with van der Waals surface area (Å²) in [6.07, 6.45) is 4.44. The van der Waals surface area contributed by atoms with Crippen LogP contribution < -0.4 is 15.2 Å². The highest BCUT2D eigenvalue weighted by Gasteiger charge is 2.38. The first kappa shape index (κ1) is 33.1. The van der Waals surface area contributed by atoms with E-state index in [4.69, 9.17) is 19.9 Å². The molecule has 1 rings (SSSR count). The molecule has 0 aliphatic heterocycles. The van der Waals surface area contributed by atoms with Crippen molar-refractivity contribution in [2.24, 2.45) is 11.1 Å².